The topological polar surface area (TPSA) is 29.1 Å². The van der Waals surface area contributed by atoms with Crippen molar-refractivity contribution in [1.29, 1.82) is 0 Å². The van der Waals surface area contributed by atoms with E-state index in [1.165, 1.54) is 12.8 Å². The first kappa shape index (κ1) is 13.6. The lowest BCUT2D eigenvalue weighted by Crippen LogP contribution is -2.37. The minimum Gasteiger partial charge on any atom is -0.349 e. The molecule has 1 amide bonds. The fourth-order valence-corrected chi connectivity index (χ4v) is 3.15. The summed E-state index contributed by atoms with van der Waals surface area (Å²) >= 11 is 3.43. The average molecular weight is 310 g/mol. The summed E-state index contributed by atoms with van der Waals surface area (Å²) in [6.45, 7) is 4.29. The minimum absolute atomic E-state index is 0.0546. The predicted molar refractivity (Wildman–Crippen MR) is 77.8 cm³/mol. The second-order valence-electron chi connectivity index (χ2n) is 5.45. The van der Waals surface area contributed by atoms with Gasteiger partial charge in [-0.15, -0.1) is 0 Å². The summed E-state index contributed by atoms with van der Waals surface area (Å²) in [5.41, 5.74) is 1.85. The summed E-state index contributed by atoms with van der Waals surface area (Å²) in [7, 11) is 0. The number of aryl methyl sites for hydroxylation is 1. The van der Waals surface area contributed by atoms with E-state index in [1.807, 2.05) is 25.1 Å². The maximum absolute atomic E-state index is 12.2. The molecule has 2 rings (SSSR count). The van der Waals surface area contributed by atoms with Gasteiger partial charge in [0.05, 0.1) is 0 Å². The normalized spacial score (nSPS) is 23.7. The highest BCUT2D eigenvalue weighted by molar-refractivity contribution is 9.10. The molecular weight excluding hydrogens is 290 g/mol. The third-order valence-corrected chi connectivity index (χ3v) is 4.11. The molecule has 2 nitrogen and oxygen atoms in total. The van der Waals surface area contributed by atoms with Gasteiger partial charge in [-0.1, -0.05) is 22.9 Å². The van der Waals surface area contributed by atoms with Crippen LogP contribution in [0.1, 0.15) is 48.5 Å². The molecule has 0 aromatic heterocycles. The molecule has 3 heteroatoms. The van der Waals surface area contributed by atoms with Gasteiger partial charge in [-0.25, -0.2) is 0 Å². The molecule has 0 unspecified atom stereocenters. The lowest BCUT2D eigenvalue weighted by molar-refractivity contribution is 0.0923. The first-order valence-corrected chi connectivity index (χ1v) is 7.42. The van der Waals surface area contributed by atoms with Gasteiger partial charge < -0.3 is 5.32 Å². The van der Waals surface area contributed by atoms with Gasteiger partial charge in [-0.05, 0) is 62.3 Å². The van der Waals surface area contributed by atoms with E-state index in [0.29, 0.717) is 6.04 Å². The highest BCUT2D eigenvalue weighted by Gasteiger charge is 2.20. The van der Waals surface area contributed by atoms with Crippen molar-refractivity contribution in [1.82, 2.24) is 5.32 Å². The molecule has 0 radical (unpaired) electrons. The Morgan fingerprint density at radius 2 is 1.89 bits per heavy atom. The van der Waals surface area contributed by atoms with Gasteiger partial charge >= 0.3 is 0 Å². The number of amides is 1. The monoisotopic (exact) mass is 309 g/mol. The number of hydrogen-bond donors (Lipinski definition) is 1. The number of rotatable bonds is 2. The second kappa shape index (κ2) is 5.87. The van der Waals surface area contributed by atoms with Crippen LogP contribution in [-0.2, 0) is 0 Å². The van der Waals surface area contributed by atoms with Crippen molar-refractivity contribution in [2.24, 2.45) is 5.92 Å². The van der Waals surface area contributed by atoms with Crippen molar-refractivity contribution in [3.63, 3.8) is 0 Å². The summed E-state index contributed by atoms with van der Waals surface area (Å²) in [5, 5.41) is 3.15. The molecule has 1 saturated carbocycles. The van der Waals surface area contributed by atoms with Crippen molar-refractivity contribution in [3.05, 3.63) is 33.8 Å². The van der Waals surface area contributed by atoms with Crippen molar-refractivity contribution in [3.8, 4) is 0 Å². The van der Waals surface area contributed by atoms with E-state index in [0.717, 1.165) is 34.4 Å². The Hall–Kier alpha value is -0.830. The van der Waals surface area contributed by atoms with Crippen LogP contribution in [0.25, 0.3) is 0 Å². The smallest absolute Gasteiger partial charge is 0.251 e. The van der Waals surface area contributed by atoms with E-state index in [-0.39, 0.29) is 5.91 Å². The van der Waals surface area contributed by atoms with Crippen LogP contribution in [0, 0.1) is 12.8 Å². The van der Waals surface area contributed by atoms with Gasteiger partial charge in [-0.3, -0.25) is 4.79 Å². The highest BCUT2D eigenvalue weighted by Crippen LogP contribution is 2.24. The molecule has 1 aromatic carbocycles. The van der Waals surface area contributed by atoms with Gasteiger partial charge in [0.15, 0.2) is 0 Å². The largest absolute Gasteiger partial charge is 0.349 e. The molecule has 0 atom stereocenters. The van der Waals surface area contributed by atoms with Crippen LogP contribution < -0.4 is 5.32 Å². The van der Waals surface area contributed by atoms with Crippen LogP contribution in [0.5, 0.6) is 0 Å². The Labute approximate surface area is 117 Å². The highest BCUT2D eigenvalue weighted by atomic mass is 79.9. The van der Waals surface area contributed by atoms with E-state index < -0.39 is 0 Å². The predicted octanol–water partition coefficient (Wildman–Crippen LogP) is 4.07. The van der Waals surface area contributed by atoms with Gasteiger partial charge in [0.2, 0.25) is 0 Å². The van der Waals surface area contributed by atoms with Crippen LogP contribution in [-0.4, -0.2) is 11.9 Å². The molecule has 1 fully saturated rings. The van der Waals surface area contributed by atoms with Crippen molar-refractivity contribution in [2.45, 2.75) is 45.6 Å². The van der Waals surface area contributed by atoms with E-state index in [9.17, 15) is 4.79 Å². The quantitative estimate of drug-likeness (QED) is 0.876. The van der Waals surface area contributed by atoms with Crippen LogP contribution in [0.3, 0.4) is 0 Å². The zero-order chi connectivity index (χ0) is 13.1. The van der Waals surface area contributed by atoms with Gasteiger partial charge in [0.1, 0.15) is 0 Å². The first-order chi connectivity index (χ1) is 8.54. The molecule has 0 spiro atoms. The zero-order valence-corrected chi connectivity index (χ0v) is 12.6. The van der Waals surface area contributed by atoms with E-state index in [1.54, 1.807) is 0 Å². The van der Waals surface area contributed by atoms with Gasteiger partial charge in [0.25, 0.3) is 5.91 Å². The molecule has 0 bridgehead atoms. The number of benzene rings is 1. The fraction of sp³-hybridized carbons (Fsp3) is 0.533. The zero-order valence-electron chi connectivity index (χ0n) is 11.0. The van der Waals surface area contributed by atoms with Crippen molar-refractivity contribution in [2.75, 3.05) is 0 Å². The van der Waals surface area contributed by atoms with Crippen molar-refractivity contribution < 1.29 is 4.79 Å². The van der Waals surface area contributed by atoms with Gasteiger partial charge in [-0.2, -0.15) is 0 Å². The standard InChI is InChI=1S/C15H20BrNO/c1-10-3-5-14(6-4-10)17-15(18)12-7-11(2)8-13(16)9-12/h7-10,14H,3-6H2,1-2H3,(H,17,18). The number of carbonyl (C=O) groups excluding carboxylic acids is 1. The van der Waals surface area contributed by atoms with Crippen LogP contribution >= 0.6 is 15.9 Å². The SMILES string of the molecule is Cc1cc(Br)cc(C(=O)NC2CCC(C)CC2)c1. The molecule has 0 heterocycles. The third kappa shape index (κ3) is 3.58. The first-order valence-electron chi connectivity index (χ1n) is 6.62. The Balaban J connectivity index is 1.99. The molecule has 1 N–H and O–H groups in total. The van der Waals surface area contributed by atoms with Crippen LogP contribution in [0.15, 0.2) is 22.7 Å². The molecular formula is C15H20BrNO. The van der Waals surface area contributed by atoms with E-state index in [4.69, 9.17) is 0 Å². The number of nitrogens with one attached hydrogen (secondary N) is 1. The number of hydrogen-bond acceptors (Lipinski definition) is 1. The summed E-state index contributed by atoms with van der Waals surface area (Å²) in [5.74, 6) is 0.866. The summed E-state index contributed by atoms with van der Waals surface area (Å²) in [6.07, 6.45) is 4.67. The molecule has 18 heavy (non-hydrogen) atoms. The molecule has 1 aromatic rings. The summed E-state index contributed by atoms with van der Waals surface area (Å²) in [6, 6.07) is 6.19. The maximum Gasteiger partial charge on any atom is 0.251 e. The molecule has 1 aliphatic carbocycles. The molecule has 0 saturated heterocycles. The lowest BCUT2D eigenvalue weighted by atomic mass is 9.87. The Bertz CT molecular complexity index is 416. The third-order valence-electron chi connectivity index (χ3n) is 3.66. The van der Waals surface area contributed by atoms with Crippen molar-refractivity contribution >= 4 is 21.8 Å². The lowest BCUT2D eigenvalue weighted by Gasteiger charge is -2.27. The Morgan fingerprint density at radius 1 is 1.22 bits per heavy atom. The Kier molecular flexibility index (Phi) is 4.44. The summed E-state index contributed by atoms with van der Waals surface area (Å²) in [4.78, 5) is 12.2. The van der Waals surface area contributed by atoms with Gasteiger partial charge in [0, 0.05) is 16.1 Å². The fourth-order valence-electron chi connectivity index (χ4n) is 2.54. The average Bonchev–Trinajstić information content (AvgIpc) is 2.31. The van der Waals surface area contributed by atoms with E-state index in [2.05, 4.69) is 28.2 Å². The second-order valence-corrected chi connectivity index (χ2v) is 6.36. The molecule has 98 valence electrons. The number of carbonyl (C=O) groups is 1. The maximum atomic E-state index is 12.2. The van der Waals surface area contributed by atoms with Crippen LogP contribution in [0.2, 0.25) is 0 Å². The number of halogens is 1. The van der Waals surface area contributed by atoms with Crippen LogP contribution in [0.4, 0.5) is 0 Å². The Morgan fingerprint density at radius 3 is 2.50 bits per heavy atom. The summed E-state index contributed by atoms with van der Waals surface area (Å²) < 4.78 is 0.963. The molecule has 1 aliphatic rings. The minimum atomic E-state index is 0.0546. The van der Waals surface area contributed by atoms with E-state index >= 15 is 0 Å². The molecule has 0 aliphatic heterocycles.